The number of hydrogen-bond donors (Lipinski definition) is 2. The molecule has 0 atom stereocenters. The number of fused-ring (bicyclic) bond motifs is 1. The number of hydrogen-bond acceptors (Lipinski definition) is 5. The molecule has 0 radical (unpaired) electrons. The number of pyridine rings is 1. The van der Waals surface area contributed by atoms with Crippen molar-refractivity contribution >= 4 is 28.2 Å². The van der Waals surface area contributed by atoms with Gasteiger partial charge in [-0.05, 0) is 13.0 Å². The third-order valence-corrected chi connectivity index (χ3v) is 3.00. The van der Waals surface area contributed by atoms with E-state index in [1.807, 2.05) is 0 Å². The Labute approximate surface area is 112 Å². The van der Waals surface area contributed by atoms with Gasteiger partial charge in [-0.15, -0.1) is 0 Å². The van der Waals surface area contributed by atoms with Gasteiger partial charge in [0.05, 0.1) is 15.8 Å². The molecule has 0 bridgehead atoms. The van der Waals surface area contributed by atoms with Gasteiger partial charge in [0.15, 0.2) is 0 Å². The van der Waals surface area contributed by atoms with Crippen LogP contribution in [0, 0.1) is 10.1 Å². The summed E-state index contributed by atoms with van der Waals surface area (Å²) in [4.78, 5) is 33.3. The molecule has 0 aliphatic rings. The number of aromatic nitrogens is 1. The third kappa shape index (κ3) is 1.96. The van der Waals surface area contributed by atoms with Gasteiger partial charge in [0.25, 0.3) is 5.69 Å². The molecule has 0 saturated carbocycles. The number of aryl methyl sites for hydroxylation is 1. The Morgan fingerprint density at radius 1 is 1.50 bits per heavy atom. The summed E-state index contributed by atoms with van der Waals surface area (Å²) in [5, 5.41) is 19.8. The molecule has 20 heavy (non-hydrogen) atoms. The predicted molar refractivity (Wildman–Crippen MR) is 71.9 cm³/mol. The lowest BCUT2D eigenvalue weighted by molar-refractivity contribution is -0.383. The van der Waals surface area contributed by atoms with E-state index in [4.69, 9.17) is 10.8 Å². The molecular formula is C12H11N3O5. The summed E-state index contributed by atoms with van der Waals surface area (Å²) in [7, 11) is 0. The molecule has 0 unspecified atom stereocenters. The topological polar surface area (TPSA) is 128 Å². The van der Waals surface area contributed by atoms with E-state index in [0.29, 0.717) is 12.1 Å². The first kappa shape index (κ1) is 13.5. The van der Waals surface area contributed by atoms with Crippen molar-refractivity contribution in [2.75, 3.05) is 5.73 Å². The molecule has 0 fully saturated rings. The molecule has 2 aromatic rings. The molecule has 1 aromatic heterocycles. The molecule has 1 aromatic carbocycles. The first-order chi connectivity index (χ1) is 9.36. The first-order valence-electron chi connectivity index (χ1n) is 5.71. The zero-order chi connectivity index (χ0) is 15.0. The summed E-state index contributed by atoms with van der Waals surface area (Å²) in [6.07, 6.45) is 1.21. The maximum atomic E-state index is 12.1. The number of nitrogens with two attached hydrogens (primary N) is 1. The fourth-order valence-corrected chi connectivity index (χ4v) is 2.01. The molecule has 0 aliphatic carbocycles. The fourth-order valence-electron chi connectivity index (χ4n) is 2.01. The molecule has 0 spiro atoms. The number of benzene rings is 1. The van der Waals surface area contributed by atoms with Crippen molar-refractivity contribution in [1.29, 1.82) is 0 Å². The van der Waals surface area contributed by atoms with Crippen LogP contribution in [0.3, 0.4) is 0 Å². The summed E-state index contributed by atoms with van der Waals surface area (Å²) < 4.78 is 1.51. The number of nitro benzene ring substituents is 1. The first-order valence-corrected chi connectivity index (χ1v) is 5.71. The summed E-state index contributed by atoms with van der Waals surface area (Å²) >= 11 is 0. The van der Waals surface area contributed by atoms with Gasteiger partial charge in [0.1, 0.15) is 11.3 Å². The molecular weight excluding hydrogens is 266 g/mol. The lowest BCUT2D eigenvalue weighted by Gasteiger charge is -2.10. The van der Waals surface area contributed by atoms with Crippen LogP contribution in [-0.2, 0) is 6.54 Å². The maximum Gasteiger partial charge on any atom is 0.341 e. The van der Waals surface area contributed by atoms with Crippen molar-refractivity contribution in [3.63, 3.8) is 0 Å². The quantitative estimate of drug-likeness (QED) is 0.493. The number of aromatic carboxylic acids is 1. The van der Waals surface area contributed by atoms with E-state index in [-0.39, 0.29) is 11.1 Å². The Morgan fingerprint density at radius 3 is 2.65 bits per heavy atom. The lowest BCUT2D eigenvalue weighted by Crippen LogP contribution is -2.19. The van der Waals surface area contributed by atoms with E-state index in [1.54, 1.807) is 6.92 Å². The second-order valence-corrected chi connectivity index (χ2v) is 4.15. The van der Waals surface area contributed by atoms with E-state index in [2.05, 4.69) is 0 Å². The van der Waals surface area contributed by atoms with Crippen LogP contribution in [-0.4, -0.2) is 20.6 Å². The van der Waals surface area contributed by atoms with E-state index in [0.717, 1.165) is 6.07 Å². The summed E-state index contributed by atoms with van der Waals surface area (Å²) in [6, 6.07) is 2.33. The average Bonchev–Trinajstić information content (AvgIpc) is 2.37. The van der Waals surface area contributed by atoms with E-state index >= 15 is 0 Å². The fraction of sp³-hybridized carbons (Fsp3) is 0.167. The van der Waals surface area contributed by atoms with E-state index in [9.17, 15) is 19.7 Å². The molecule has 2 rings (SSSR count). The number of nitrogen functional groups attached to an aromatic ring is 1. The van der Waals surface area contributed by atoms with Crippen LogP contribution in [0.1, 0.15) is 17.3 Å². The number of nitro groups is 1. The van der Waals surface area contributed by atoms with Crippen molar-refractivity contribution in [2.24, 2.45) is 0 Å². The molecule has 0 saturated heterocycles. The van der Waals surface area contributed by atoms with Crippen LogP contribution in [0.25, 0.3) is 10.9 Å². The SMILES string of the molecule is CCn1cc(C(=O)O)c(=O)c2cc([N+](=O)[O-])c(N)cc21. The van der Waals surface area contributed by atoms with Gasteiger partial charge in [0.2, 0.25) is 5.43 Å². The smallest absolute Gasteiger partial charge is 0.341 e. The van der Waals surface area contributed by atoms with Crippen LogP contribution in [0.4, 0.5) is 11.4 Å². The summed E-state index contributed by atoms with van der Waals surface area (Å²) in [5.74, 6) is -1.38. The van der Waals surface area contributed by atoms with Crippen molar-refractivity contribution in [3.8, 4) is 0 Å². The van der Waals surface area contributed by atoms with Crippen molar-refractivity contribution < 1.29 is 14.8 Å². The van der Waals surface area contributed by atoms with Gasteiger partial charge in [-0.1, -0.05) is 0 Å². The molecule has 0 amide bonds. The van der Waals surface area contributed by atoms with Crippen LogP contribution >= 0.6 is 0 Å². The minimum absolute atomic E-state index is 0.0346. The Hall–Kier alpha value is -2.90. The molecule has 8 nitrogen and oxygen atoms in total. The highest BCUT2D eigenvalue weighted by atomic mass is 16.6. The molecule has 1 heterocycles. The molecule has 104 valence electrons. The minimum Gasteiger partial charge on any atom is -0.477 e. The van der Waals surface area contributed by atoms with Gasteiger partial charge in [-0.25, -0.2) is 4.79 Å². The lowest BCUT2D eigenvalue weighted by atomic mass is 10.1. The summed E-state index contributed by atoms with van der Waals surface area (Å²) in [6.45, 7) is 2.15. The number of anilines is 1. The van der Waals surface area contributed by atoms with Crippen LogP contribution < -0.4 is 11.2 Å². The molecule has 3 N–H and O–H groups in total. The van der Waals surface area contributed by atoms with Gasteiger partial charge in [-0.3, -0.25) is 14.9 Å². The summed E-state index contributed by atoms with van der Waals surface area (Å²) in [5.41, 5.74) is 4.26. The van der Waals surface area contributed by atoms with Gasteiger partial charge in [0, 0.05) is 18.8 Å². The maximum absolute atomic E-state index is 12.1. The predicted octanol–water partition coefficient (Wildman–Crippen LogP) is 1.21. The normalized spacial score (nSPS) is 10.7. The highest BCUT2D eigenvalue weighted by molar-refractivity contribution is 5.94. The average molecular weight is 277 g/mol. The standard InChI is InChI=1S/C12H11N3O5/c1-2-14-5-7(12(17)18)11(16)6-3-10(15(19)20)8(13)4-9(6)14/h3-5H,2,13H2,1H3,(H,17,18). The van der Waals surface area contributed by atoms with Gasteiger partial charge >= 0.3 is 5.97 Å². The van der Waals surface area contributed by atoms with E-state index in [1.165, 1.54) is 16.8 Å². The number of nitrogens with zero attached hydrogens (tertiary/aromatic N) is 2. The number of carboxylic acids is 1. The molecule has 8 heteroatoms. The second-order valence-electron chi connectivity index (χ2n) is 4.15. The van der Waals surface area contributed by atoms with Crippen LogP contribution in [0.2, 0.25) is 0 Å². The monoisotopic (exact) mass is 277 g/mol. The Bertz CT molecular complexity index is 794. The Balaban J connectivity index is 2.99. The van der Waals surface area contributed by atoms with Crippen molar-refractivity contribution in [3.05, 3.63) is 44.2 Å². The zero-order valence-electron chi connectivity index (χ0n) is 10.5. The molecule has 0 aliphatic heterocycles. The van der Waals surface area contributed by atoms with Gasteiger partial charge in [-0.2, -0.15) is 0 Å². The number of carbonyl (C=O) groups is 1. The minimum atomic E-state index is -1.38. The van der Waals surface area contributed by atoms with Crippen molar-refractivity contribution in [1.82, 2.24) is 4.57 Å². The number of carboxylic acid groups (broad SMARTS) is 1. The number of rotatable bonds is 3. The third-order valence-electron chi connectivity index (χ3n) is 3.00. The zero-order valence-corrected chi connectivity index (χ0v) is 10.5. The van der Waals surface area contributed by atoms with Crippen molar-refractivity contribution in [2.45, 2.75) is 13.5 Å². The Morgan fingerprint density at radius 2 is 2.15 bits per heavy atom. The largest absolute Gasteiger partial charge is 0.477 e. The highest BCUT2D eigenvalue weighted by Gasteiger charge is 2.19. The second kappa shape index (κ2) is 4.65. The van der Waals surface area contributed by atoms with Crippen LogP contribution in [0.5, 0.6) is 0 Å². The Kier molecular flexibility index (Phi) is 3.15. The van der Waals surface area contributed by atoms with Crippen LogP contribution in [0.15, 0.2) is 23.1 Å². The van der Waals surface area contributed by atoms with E-state index < -0.39 is 27.6 Å². The van der Waals surface area contributed by atoms with Gasteiger partial charge < -0.3 is 15.4 Å². The highest BCUT2D eigenvalue weighted by Crippen LogP contribution is 2.26.